The maximum absolute atomic E-state index is 9.14. The summed E-state index contributed by atoms with van der Waals surface area (Å²) in [6, 6.07) is 21.8. The number of hydrogen-bond donors (Lipinski definition) is 1. The fourth-order valence-electron chi connectivity index (χ4n) is 3.56. The molecule has 2 aromatic carbocycles. The van der Waals surface area contributed by atoms with Gasteiger partial charge in [-0.25, -0.2) is 0 Å². The van der Waals surface area contributed by atoms with E-state index in [1.54, 1.807) is 0 Å². The molecule has 0 aromatic heterocycles. The second kappa shape index (κ2) is 6.42. The van der Waals surface area contributed by atoms with Crippen LogP contribution in [0.5, 0.6) is 0 Å². The van der Waals surface area contributed by atoms with Gasteiger partial charge in [0.2, 0.25) is 0 Å². The molecule has 0 bridgehead atoms. The number of benzene rings is 2. The lowest BCUT2D eigenvalue weighted by Crippen LogP contribution is -2.44. The molecule has 0 amide bonds. The van der Waals surface area contributed by atoms with E-state index >= 15 is 0 Å². The molecule has 2 nitrogen and oxygen atoms in total. The molecule has 21 heavy (non-hydrogen) atoms. The van der Waals surface area contributed by atoms with Gasteiger partial charge >= 0.3 is 0 Å². The van der Waals surface area contributed by atoms with Crippen LogP contribution >= 0.6 is 0 Å². The number of aliphatic hydroxyl groups excluding tert-OH is 1. The lowest BCUT2D eigenvalue weighted by molar-refractivity contribution is 0.144. The van der Waals surface area contributed by atoms with Gasteiger partial charge in [0.1, 0.15) is 0 Å². The minimum Gasteiger partial charge on any atom is -0.395 e. The van der Waals surface area contributed by atoms with Crippen molar-refractivity contribution in [1.29, 1.82) is 0 Å². The molecule has 110 valence electrons. The summed E-state index contributed by atoms with van der Waals surface area (Å²) in [4.78, 5) is 2.37. The summed E-state index contributed by atoms with van der Waals surface area (Å²) in [5.41, 5.74) is 2.95. The van der Waals surface area contributed by atoms with E-state index in [0.717, 1.165) is 32.5 Å². The van der Waals surface area contributed by atoms with Crippen LogP contribution in [0.15, 0.2) is 60.7 Å². The van der Waals surface area contributed by atoms with Crippen LogP contribution in [0.1, 0.15) is 24.0 Å². The average Bonchev–Trinajstić information content (AvgIpc) is 2.58. The number of rotatable bonds is 4. The Balaban J connectivity index is 1.94. The summed E-state index contributed by atoms with van der Waals surface area (Å²) < 4.78 is 0. The number of likely N-dealkylation sites (tertiary alicyclic amines) is 1. The zero-order valence-electron chi connectivity index (χ0n) is 12.4. The first kappa shape index (κ1) is 14.3. The van der Waals surface area contributed by atoms with E-state index < -0.39 is 0 Å². The molecule has 2 aromatic rings. The topological polar surface area (TPSA) is 23.5 Å². The van der Waals surface area contributed by atoms with E-state index in [0.29, 0.717) is 0 Å². The number of piperidine rings is 1. The van der Waals surface area contributed by atoms with Crippen molar-refractivity contribution in [1.82, 2.24) is 4.90 Å². The number of nitrogens with zero attached hydrogens (tertiary/aromatic N) is 1. The van der Waals surface area contributed by atoms with E-state index in [9.17, 15) is 0 Å². The van der Waals surface area contributed by atoms with E-state index in [1.165, 1.54) is 11.1 Å². The summed E-state index contributed by atoms with van der Waals surface area (Å²) in [7, 11) is 0. The zero-order valence-corrected chi connectivity index (χ0v) is 12.4. The monoisotopic (exact) mass is 281 g/mol. The first-order valence-electron chi connectivity index (χ1n) is 7.79. The molecule has 0 spiro atoms. The molecule has 0 unspecified atom stereocenters. The highest BCUT2D eigenvalue weighted by molar-refractivity contribution is 5.40. The summed E-state index contributed by atoms with van der Waals surface area (Å²) in [6.45, 7) is 3.14. The molecule has 1 aliphatic heterocycles. The summed E-state index contributed by atoms with van der Waals surface area (Å²) in [5.74, 6) is 0. The van der Waals surface area contributed by atoms with Gasteiger partial charge in [-0.15, -0.1) is 0 Å². The third kappa shape index (κ3) is 2.87. The van der Waals surface area contributed by atoms with Gasteiger partial charge in [-0.05, 0) is 37.1 Å². The number of β-amino-alcohol motifs (C(OH)–C–C–N with tert-alkyl or cyclic N) is 1. The minimum atomic E-state index is 0.120. The molecule has 0 radical (unpaired) electrons. The Hall–Kier alpha value is -1.64. The second-order valence-electron chi connectivity index (χ2n) is 5.88. The first-order valence-corrected chi connectivity index (χ1v) is 7.79. The van der Waals surface area contributed by atoms with Crippen LogP contribution in [0.4, 0.5) is 0 Å². The Morgan fingerprint density at radius 3 is 1.71 bits per heavy atom. The predicted octanol–water partition coefficient (Wildman–Crippen LogP) is 3.06. The van der Waals surface area contributed by atoms with Crippen molar-refractivity contribution >= 4 is 0 Å². The molecular formula is C19H23NO. The highest BCUT2D eigenvalue weighted by atomic mass is 16.3. The molecule has 0 saturated carbocycles. The zero-order chi connectivity index (χ0) is 14.5. The van der Waals surface area contributed by atoms with Gasteiger partial charge in [0.05, 0.1) is 6.61 Å². The fraction of sp³-hybridized carbons (Fsp3) is 0.368. The Labute approximate surface area is 127 Å². The Morgan fingerprint density at radius 1 is 0.810 bits per heavy atom. The molecule has 1 fully saturated rings. The molecule has 0 atom stereocenters. The molecule has 0 aliphatic carbocycles. The standard InChI is InChI=1S/C19H23NO/c21-16-15-20-13-11-19(12-14-20,17-7-3-1-4-8-17)18-9-5-2-6-10-18/h1-10,21H,11-16H2. The summed E-state index contributed by atoms with van der Waals surface area (Å²) in [6.07, 6.45) is 2.22. The Kier molecular flexibility index (Phi) is 4.37. The Bertz CT molecular complexity index is 503. The van der Waals surface area contributed by atoms with Gasteiger partial charge < -0.3 is 10.0 Å². The van der Waals surface area contributed by atoms with Crippen molar-refractivity contribution in [3.8, 4) is 0 Å². The molecule has 1 heterocycles. The quantitative estimate of drug-likeness (QED) is 0.931. The maximum atomic E-state index is 9.14. The van der Waals surface area contributed by atoms with Crippen LogP contribution in [0.25, 0.3) is 0 Å². The van der Waals surface area contributed by atoms with Gasteiger partial charge in [0.25, 0.3) is 0 Å². The van der Waals surface area contributed by atoms with Gasteiger partial charge in [0.15, 0.2) is 0 Å². The van der Waals surface area contributed by atoms with Crippen molar-refractivity contribution in [2.45, 2.75) is 18.3 Å². The molecule has 1 saturated heterocycles. The van der Waals surface area contributed by atoms with E-state index in [-0.39, 0.29) is 12.0 Å². The van der Waals surface area contributed by atoms with Gasteiger partial charge in [0, 0.05) is 12.0 Å². The van der Waals surface area contributed by atoms with E-state index in [4.69, 9.17) is 5.11 Å². The fourth-order valence-corrected chi connectivity index (χ4v) is 3.56. The van der Waals surface area contributed by atoms with Crippen molar-refractivity contribution < 1.29 is 5.11 Å². The highest BCUT2D eigenvalue weighted by Gasteiger charge is 2.37. The van der Waals surface area contributed by atoms with Crippen LogP contribution in [-0.2, 0) is 5.41 Å². The Morgan fingerprint density at radius 2 is 1.29 bits per heavy atom. The molecular weight excluding hydrogens is 258 g/mol. The second-order valence-corrected chi connectivity index (χ2v) is 5.88. The number of aliphatic hydroxyl groups is 1. The largest absolute Gasteiger partial charge is 0.395 e. The maximum Gasteiger partial charge on any atom is 0.0558 e. The van der Waals surface area contributed by atoms with Crippen LogP contribution in [-0.4, -0.2) is 36.2 Å². The van der Waals surface area contributed by atoms with Crippen LogP contribution < -0.4 is 0 Å². The third-order valence-electron chi connectivity index (χ3n) is 4.78. The van der Waals surface area contributed by atoms with E-state index in [2.05, 4.69) is 65.6 Å². The van der Waals surface area contributed by atoms with Gasteiger partial charge in [-0.3, -0.25) is 0 Å². The van der Waals surface area contributed by atoms with Crippen molar-refractivity contribution in [3.05, 3.63) is 71.8 Å². The summed E-state index contributed by atoms with van der Waals surface area (Å²) in [5, 5.41) is 9.14. The van der Waals surface area contributed by atoms with E-state index in [1.807, 2.05) is 0 Å². The van der Waals surface area contributed by atoms with Crippen LogP contribution in [0.3, 0.4) is 0 Å². The van der Waals surface area contributed by atoms with Crippen molar-refractivity contribution in [2.24, 2.45) is 0 Å². The predicted molar refractivity (Wildman–Crippen MR) is 86.4 cm³/mol. The first-order chi connectivity index (χ1) is 10.3. The third-order valence-corrected chi connectivity index (χ3v) is 4.78. The summed E-state index contributed by atoms with van der Waals surface area (Å²) >= 11 is 0. The SMILES string of the molecule is OCCN1CCC(c2ccccc2)(c2ccccc2)CC1. The van der Waals surface area contributed by atoms with Crippen LogP contribution in [0, 0.1) is 0 Å². The molecule has 1 aliphatic rings. The average molecular weight is 281 g/mol. The molecule has 3 rings (SSSR count). The number of hydrogen-bond acceptors (Lipinski definition) is 2. The van der Waals surface area contributed by atoms with Gasteiger partial charge in [-0.2, -0.15) is 0 Å². The van der Waals surface area contributed by atoms with Crippen LogP contribution in [0.2, 0.25) is 0 Å². The smallest absolute Gasteiger partial charge is 0.0558 e. The molecule has 1 N–H and O–H groups in total. The molecule has 2 heteroatoms. The normalized spacial score (nSPS) is 18.5. The minimum absolute atomic E-state index is 0.120. The van der Waals surface area contributed by atoms with Gasteiger partial charge in [-0.1, -0.05) is 60.7 Å². The lowest BCUT2D eigenvalue weighted by atomic mass is 9.68. The van der Waals surface area contributed by atoms with Crippen molar-refractivity contribution in [2.75, 3.05) is 26.2 Å². The lowest BCUT2D eigenvalue weighted by Gasteiger charge is -2.42. The highest BCUT2D eigenvalue weighted by Crippen LogP contribution is 2.41. The van der Waals surface area contributed by atoms with Crippen molar-refractivity contribution in [3.63, 3.8) is 0 Å².